The third kappa shape index (κ3) is 5.62. The monoisotopic (exact) mass is 668 g/mol. The lowest BCUT2D eigenvalue weighted by Gasteiger charge is -2.34. The molecule has 0 unspecified atom stereocenters. The number of benzene rings is 1. The van der Waals surface area contributed by atoms with E-state index in [9.17, 15) is 14.4 Å². The summed E-state index contributed by atoms with van der Waals surface area (Å²) in [5.74, 6) is 6.53. The van der Waals surface area contributed by atoms with Crippen molar-refractivity contribution in [2.75, 3.05) is 19.4 Å². The summed E-state index contributed by atoms with van der Waals surface area (Å²) in [6, 6.07) is 6.42. The molecule has 4 aromatic rings. The van der Waals surface area contributed by atoms with Gasteiger partial charge in [-0.2, -0.15) is 5.10 Å². The molecular weight excluding hydrogens is 636 g/mol. The topological polar surface area (TPSA) is 126 Å². The van der Waals surface area contributed by atoms with Crippen molar-refractivity contribution in [3.05, 3.63) is 63.9 Å². The summed E-state index contributed by atoms with van der Waals surface area (Å²) in [6.07, 6.45) is 3.91. The van der Waals surface area contributed by atoms with Crippen LogP contribution in [0.1, 0.15) is 47.7 Å². The minimum Gasteiger partial charge on any atom is -0.314 e. The number of aryl methyl sites for hydroxylation is 2. The molecular formula is C33H33BrN8O3. The number of hydrogen-bond acceptors (Lipinski definition) is 8. The van der Waals surface area contributed by atoms with E-state index in [1.807, 2.05) is 58.0 Å². The molecule has 1 aliphatic heterocycles. The maximum atomic E-state index is 14.2. The van der Waals surface area contributed by atoms with Crippen LogP contribution in [-0.2, 0) is 22.7 Å². The smallest absolute Gasteiger partial charge is 0.248 e. The lowest BCUT2D eigenvalue weighted by Crippen LogP contribution is -2.50. The maximum Gasteiger partial charge on any atom is 0.248 e. The molecule has 1 saturated heterocycles. The van der Waals surface area contributed by atoms with Crippen molar-refractivity contribution in [3.63, 3.8) is 0 Å². The fourth-order valence-electron chi connectivity index (χ4n) is 6.13. The fourth-order valence-corrected chi connectivity index (χ4v) is 6.44. The lowest BCUT2D eigenvalue weighted by atomic mass is 9.76. The molecule has 12 heteroatoms. The van der Waals surface area contributed by atoms with Gasteiger partial charge in [0, 0.05) is 36.8 Å². The second kappa shape index (κ2) is 11.5. The van der Waals surface area contributed by atoms with E-state index in [0.717, 1.165) is 22.3 Å². The number of pyridine rings is 1. The number of likely N-dealkylation sites (tertiary alicyclic amines) is 1. The Kier molecular flexibility index (Phi) is 7.79. The predicted octanol–water partition coefficient (Wildman–Crippen LogP) is 4.16. The number of hydrogen-bond donors (Lipinski definition) is 1. The number of nitrogens with zero attached hydrogens (tertiary/aromatic N) is 7. The first-order valence-electron chi connectivity index (χ1n) is 14.6. The fraction of sp³-hybridized carbons (Fsp3) is 0.364. The molecule has 0 saturated carbocycles. The highest BCUT2D eigenvalue weighted by Crippen LogP contribution is 2.45. The van der Waals surface area contributed by atoms with Gasteiger partial charge in [0.25, 0.3) is 0 Å². The van der Waals surface area contributed by atoms with Crippen LogP contribution in [0.4, 0.5) is 5.82 Å². The summed E-state index contributed by atoms with van der Waals surface area (Å²) >= 11 is 3.36. The highest BCUT2D eigenvalue weighted by atomic mass is 79.9. The number of amides is 2. The van der Waals surface area contributed by atoms with Crippen molar-refractivity contribution >= 4 is 50.2 Å². The average molecular weight is 670 g/mol. The summed E-state index contributed by atoms with van der Waals surface area (Å²) in [7, 11) is 3.91. The molecule has 2 amide bonds. The van der Waals surface area contributed by atoms with Crippen LogP contribution in [0.15, 0.2) is 41.3 Å². The molecule has 0 radical (unpaired) electrons. The van der Waals surface area contributed by atoms with E-state index in [1.165, 1.54) is 6.92 Å². The van der Waals surface area contributed by atoms with E-state index < -0.39 is 17.5 Å². The minimum absolute atomic E-state index is 0.163. The Morgan fingerprint density at radius 3 is 2.51 bits per heavy atom. The van der Waals surface area contributed by atoms with Gasteiger partial charge in [-0.1, -0.05) is 17.9 Å². The van der Waals surface area contributed by atoms with Crippen molar-refractivity contribution in [3.8, 4) is 23.0 Å². The van der Waals surface area contributed by atoms with Gasteiger partial charge in [-0.05, 0) is 92.1 Å². The molecule has 1 aromatic carbocycles. The number of rotatable bonds is 8. The number of nitrogens with one attached hydrogen (secondary N) is 1. The number of fused-ring (bicyclic) bond motifs is 2. The number of halogens is 1. The van der Waals surface area contributed by atoms with Crippen LogP contribution < -0.4 is 5.32 Å². The van der Waals surface area contributed by atoms with E-state index in [2.05, 4.69) is 53.1 Å². The Hall–Kier alpha value is -4.47. The summed E-state index contributed by atoms with van der Waals surface area (Å²) < 4.78 is 2.19. The lowest BCUT2D eigenvalue weighted by molar-refractivity contribution is -0.138. The van der Waals surface area contributed by atoms with Crippen molar-refractivity contribution in [1.29, 1.82) is 0 Å². The maximum absolute atomic E-state index is 14.2. The van der Waals surface area contributed by atoms with Gasteiger partial charge in [-0.25, -0.2) is 15.0 Å². The van der Waals surface area contributed by atoms with E-state index in [0.29, 0.717) is 40.1 Å². The zero-order valence-corrected chi connectivity index (χ0v) is 27.6. The molecule has 1 aliphatic carbocycles. The first kappa shape index (κ1) is 30.6. The molecule has 0 bridgehead atoms. The van der Waals surface area contributed by atoms with Gasteiger partial charge in [-0.3, -0.25) is 19.1 Å². The summed E-state index contributed by atoms with van der Waals surface area (Å²) in [5.41, 5.74) is 3.82. The summed E-state index contributed by atoms with van der Waals surface area (Å²) in [5, 5.41) is 8.24. The number of anilines is 1. The van der Waals surface area contributed by atoms with Gasteiger partial charge in [0.15, 0.2) is 5.78 Å². The number of carbonyl (C=O) groups excluding carboxylic acids is 3. The Bertz CT molecular complexity index is 1940. The second-order valence-electron chi connectivity index (χ2n) is 12.2. The second-order valence-corrected chi connectivity index (χ2v) is 13.1. The van der Waals surface area contributed by atoms with Gasteiger partial charge in [0.2, 0.25) is 11.8 Å². The van der Waals surface area contributed by atoms with Crippen molar-refractivity contribution < 1.29 is 14.4 Å². The zero-order chi connectivity index (χ0) is 32.2. The van der Waals surface area contributed by atoms with Crippen LogP contribution in [-0.4, -0.2) is 78.3 Å². The molecule has 4 heterocycles. The standard InChI is InChI=1S/C33H33BrN8O3/c1-18-7-8-27(34)37-31(18)38-32(45)25-13-33(4)10-9-26(33)42(25)28(44)17-41-30-22(16-40(5)6)11-21(23-14-35-20(3)36-15-23)12-24(30)29(39-41)19(2)43/h7-8,11-12,14-15,25-26H,13,16-17H2,1-6H3,(H,37,38,45)/t25-,26+,33+/m0/s1. The van der Waals surface area contributed by atoms with E-state index in [1.54, 1.807) is 28.0 Å². The summed E-state index contributed by atoms with van der Waals surface area (Å²) in [4.78, 5) is 57.4. The first-order chi connectivity index (χ1) is 21.3. The molecule has 0 spiro atoms. The number of aromatic nitrogens is 5. The minimum atomic E-state index is -0.765. The van der Waals surface area contributed by atoms with Gasteiger partial charge >= 0.3 is 0 Å². The SMILES string of the molecule is CC(=O)c1nn(CC(=O)N2[C@H](C(=O)Nc3nc(Br)ccc3C)C[C@@]3(C)C#C[C@@H]23)c2c(CN(C)C)cc(-c3cnc(C)nc3)cc12. The molecule has 1 N–H and O–H groups in total. The third-order valence-corrected chi connectivity index (χ3v) is 8.81. The Morgan fingerprint density at radius 1 is 1.13 bits per heavy atom. The highest BCUT2D eigenvalue weighted by molar-refractivity contribution is 9.10. The molecule has 6 rings (SSSR count). The van der Waals surface area contributed by atoms with Crippen LogP contribution in [0.25, 0.3) is 22.0 Å². The molecule has 3 aromatic heterocycles. The van der Waals surface area contributed by atoms with Crippen molar-refractivity contribution in [1.82, 2.24) is 34.5 Å². The number of carbonyl (C=O) groups is 3. The van der Waals surface area contributed by atoms with Gasteiger partial charge < -0.3 is 15.1 Å². The molecule has 230 valence electrons. The van der Waals surface area contributed by atoms with Gasteiger partial charge in [0.1, 0.15) is 40.6 Å². The van der Waals surface area contributed by atoms with Gasteiger partial charge in [0.05, 0.1) is 10.9 Å². The Balaban J connectivity index is 1.39. The predicted molar refractivity (Wildman–Crippen MR) is 173 cm³/mol. The zero-order valence-electron chi connectivity index (χ0n) is 26.0. The van der Waals surface area contributed by atoms with E-state index >= 15 is 0 Å². The molecule has 45 heavy (non-hydrogen) atoms. The van der Waals surface area contributed by atoms with Crippen LogP contribution in [0.2, 0.25) is 0 Å². The molecule has 3 atom stereocenters. The Labute approximate surface area is 269 Å². The molecule has 11 nitrogen and oxygen atoms in total. The number of Topliss-reactive ketones (excluding diaryl/α,β-unsaturated/α-hetero) is 1. The third-order valence-electron chi connectivity index (χ3n) is 8.37. The largest absolute Gasteiger partial charge is 0.314 e. The summed E-state index contributed by atoms with van der Waals surface area (Å²) in [6.45, 7) is 7.50. The Morgan fingerprint density at radius 2 is 1.87 bits per heavy atom. The number of ketones is 1. The van der Waals surface area contributed by atoms with Crippen LogP contribution in [0.3, 0.4) is 0 Å². The van der Waals surface area contributed by atoms with Crippen LogP contribution >= 0.6 is 15.9 Å². The highest BCUT2D eigenvalue weighted by Gasteiger charge is 2.56. The van der Waals surface area contributed by atoms with Crippen LogP contribution in [0, 0.1) is 31.1 Å². The molecule has 1 fully saturated rings. The molecule has 2 aliphatic rings. The quantitative estimate of drug-likeness (QED) is 0.169. The first-order valence-corrected chi connectivity index (χ1v) is 15.4. The van der Waals surface area contributed by atoms with E-state index in [-0.39, 0.29) is 29.8 Å². The average Bonchev–Trinajstić information content (AvgIpc) is 3.43. The van der Waals surface area contributed by atoms with E-state index in [4.69, 9.17) is 0 Å². The van der Waals surface area contributed by atoms with Crippen molar-refractivity contribution in [2.45, 2.75) is 59.3 Å². The normalized spacial score (nSPS) is 20.0. The van der Waals surface area contributed by atoms with Gasteiger partial charge in [-0.15, -0.1) is 0 Å². The van der Waals surface area contributed by atoms with Crippen molar-refractivity contribution in [2.24, 2.45) is 5.41 Å². The van der Waals surface area contributed by atoms with Crippen LogP contribution in [0.5, 0.6) is 0 Å².